The number of carbonyl (C=O) groups is 1. The first-order valence-electron chi connectivity index (χ1n) is 7.30. The third-order valence-corrected chi connectivity index (χ3v) is 4.47. The second-order valence-corrected chi connectivity index (χ2v) is 6.24. The van der Waals surface area contributed by atoms with Crippen LogP contribution in [0.15, 0.2) is 65.1 Å². The summed E-state index contributed by atoms with van der Waals surface area (Å²) < 4.78 is 13.6. The molecule has 3 aromatic carbocycles. The van der Waals surface area contributed by atoms with Crippen molar-refractivity contribution in [3.05, 3.63) is 82.1 Å². The molecule has 3 aromatic rings. The zero-order chi connectivity index (χ0) is 16.4. The Labute approximate surface area is 142 Å². The summed E-state index contributed by atoms with van der Waals surface area (Å²) in [5.41, 5.74) is 1.47. The van der Waals surface area contributed by atoms with E-state index in [4.69, 9.17) is 0 Å². The Morgan fingerprint density at radius 3 is 2.61 bits per heavy atom. The van der Waals surface area contributed by atoms with E-state index >= 15 is 0 Å². The van der Waals surface area contributed by atoms with E-state index in [0.717, 1.165) is 16.3 Å². The lowest BCUT2D eigenvalue weighted by Gasteiger charge is -2.17. The molecular weight excluding hydrogens is 357 g/mol. The summed E-state index contributed by atoms with van der Waals surface area (Å²) in [5.74, 6) is -0.618. The van der Waals surface area contributed by atoms with Gasteiger partial charge in [0.2, 0.25) is 0 Å². The zero-order valence-electron chi connectivity index (χ0n) is 12.5. The summed E-state index contributed by atoms with van der Waals surface area (Å²) in [4.78, 5) is 12.4. The maximum atomic E-state index is 13.2. The van der Waals surface area contributed by atoms with Gasteiger partial charge in [0.25, 0.3) is 5.91 Å². The fraction of sp³-hybridized carbons (Fsp3) is 0.105. The fourth-order valence-corrected chi connectivity index (χ4v) is 3.18. The van der Waals surface area contributed by atoms with Crippen molar-refractivity contribution < 1.29 is 9.18 Å². The van der Waals surface area contributed by atoms with E-state index in [1.54, 1.807) is 0 Å². The molecule has 3 rings (SSSR count). The molecule has 0 fully saturated rings. The monoisotopic (exact) mass is 371 g/mol. The standard InChI is InChI=1S/C19H15BrFNO/c1-12(15-8-4-6-13-5-2-3-7-16(13)15)22-19(23)17-10-9-14(21)11-18(17)20/h2-12H,1H3,(H,22,23). The Balaban J connectivity index is 1.88. The summed E-state index contributed by atoms with van der Waals surface area (Å²) in [7, 11) is 0. The van der Waals surface area contributed by atoms with Gasteiger partial charge in [-0.15, -0.1) is 0 Å². The lowest BCUT2D eigenvalue weighted by molar-refractivity contribution is 0.0939. The molecule has 0 aromatic heterocycles. The van der Waals surface area contributed by atoms with Crippen LogP contribution in [0, 0.1) is 5.82 Å². The van der Waals surface area contributed by atoms with Gasteiger partial charge in [-0.1, -0.05) is 42.5 Å². The van der Waals surface area contributed by atoms with Crippen molar-refractivity contribution in [2.75, 3.05) is 0 Å². The number of halogens is 2. The highest BCUT2D eigenvalue weighted by molar-refractivity contribution is 9.10. The van der Waals surface area contributed by atoms with E-state index in [-0.39, 0.29) is 17.8 Å². The average Bonchev–Trinajstić information content (AvgIpc) is 2.54. The molecule has 0 saturated heterocycles. The number of hydrogen-bond donors (Lipinski definition) is 1. The fourth-order valence-electron chi connectivity index (χ4n) is 2.65. The molecule has 1 amide bonds. The first-order chi connectivity index (χ1) is 11.1. The van der Waals surface area contributed by atoms with Crippen molar-refractivity contribution in [2.24, 2.45) is 0 Å². The van der Waals surface area contributed by atoms with Gasteiger partial charge < -0.3 is 5.32 Å². The van der Waals surface area contributed by atoms with Gasteiger partial charge in [0, 0.05) is 4.47 Å². The molecule has 0 radical (unpaired) electrons. The normalized spacial score (nSPS) is 12.1. The Kier molecular flexibility index (Phi) is 4.44. The second kappa shape index (κ2) is 6.50. The van der Waals surface area contributed by atoms with Crippen molar-refractivity contribution in [1.82, 2.24) is 5.32 Å². The van der Waals surface area contributed by atoms with Crippen LogP contribution in [-0.4, -0.2) is 5.91 Å². The summed E-state index contributed by atoms with van der Waals surface area (Å²) in [6.07, 6.45) is 0. The number of rotatable bonds is 3. The van der Waals surface area contributed by atoms with E-state index in [9.17, 15) is 9.18 Å². The number of benzene rings is 3. The Morgan fingerprint density at radius 2 is 1.83 bits per heavy atom. The third-order valence-electron chi connectivity index (χ3n) is 3.81. The van der Waals surface area contributed by atoms with Crippen LogP contribution in [0.25, 0.3) is 10.8 Å². The van der Waals surface area contributed by atoms with Crippen LogP contribution in [0.4, 0.5) is 4.39 Å². The molecule has 4 heteroatoms. The van der Waals surface area contributed by atoms with Gasteiger partial charge >= 0.3 is 0 Å². The maximum Gasteiger partial charge on any atom is 0.252 e. The number of fused-ring (bicyclic) bond motifs is 1. The van der Waals surface area contributed by atoms with Gasteiger partial charge in [-0.05, 0) is 57.4 Å². The predicted molar refractivity (Wildman–Crippen MR) is 93.9 cm³/mol. The van der Waals surface area contributed by atoms with Crippen LogP contribution in [-0.2, 0) is 0 Å². The highest BCUT2D eigenvalue weighted by atomic mass is 79.9. The summed E-state index contributed by atoms with van der Waals surface area (Å²) in [6, 6.07) is 18.0. The van der Waals surface area contributed by atoms with Crippen molar-refractivity contribution in [1.29, 1.82) is 0 Å². The predicted octanol–water partition coefficient (Wildman–Crippen LogP) is 5.23. The molecule has 0 heterocycles. The van der Waals surface area contributed by atoms with Gasteiger partial charge in [-0.2, -0.15) is 0 Å². The highest BCUT2D eigenvalue weighted by Gasteiger charge is 2.15. The van der Waals surface area contributed by atoms with Crippen LogP contribution in [0.2, 0.25) is 0 Å². The molecule has 2 nitrogen and oxygen atoms in total. The molecule has 0 aliphatic heterocycles. The SMILES string of the molecule is CC(NC(=O)c1ccc(F)cc1Br)c1cccc2ccccc12. The Hall–Kier alpha value is -2.20. The molecule has 1 unspecified atom stereocenters. The van der Waals surface area contributed by atoms with Gasteiger partial charge in [0.1, 0.15) is 5.82 Å². The van der Waals surface area contributed by atoms with Crippen molar-refractivity contribution in [2.45, 2.75) is 13.0 Å². The lowest BCUT2D eigenvalue weighted by atomic mass is 9.99. The van der Waals surface area contributed by atoms with Crippen LogP contribution < -0.4 is 5.32 Å². The quantitative estimate of drug-likeness (QED) is 0.670. The first kappa shape index (κ1) is 15.7. The van der Waals surface area contributed by atoms with Gasteiger partial charge in [0.15, 0.2) is 0 Å². The molecule has 1 atom stereocenters. The number of amides is 1. The van der Waals surface area contributed by atoms with Gasteiger partial charge in [0.05, 0.1) is 11.6 Å². The minimum absolute atomic E-state index is 0.162. The molecule has 0 bridgehead atoms. The van der Waals surface area contributed by atoms with Crippen LogP contribution in [0.5, 0.6) is 0 Å². The largest absolute Gasteiger partial charge is 0.345 e. The maximum absolute atomic E-state index is 13.2. The molecule has 116 valence electrons. The van der Waals surface area contributed by atoms with Crippen molar-refractivity contribution in [3.8, 4) is 0 Å². The number of hydrogen-bond acceptors (Lipinski definition) is 1. The van der Waals surface area contributed by atoms with E-state index in [1.165, 1.54) is 18.2 Å². The Bertz CT molecular complexity index is 873. The van der Waals surface area contributed by atoms with E-state index in [1.807, 2.05) is 49.4 Å². The van der Waals surface area contributed by atoms with Crippen LogP contribution >= 0.6 is 15.9 Å². The lowest BCUT2D eigenvalue weighted by Crippen LogP contribution is -2.27. The van der Waals surface area contributed by atoms with Crippen molar-refractivity contribution >= 4 is 32.6 Å². The summed E-state index contributed by atoms with van der Waals surface area (Å²) >= 11 is 3.23. The van der Waals surface area contributed by atoms with Gasteiger partial charge in [-0.25, -0.2) is 4.39 Å². The molecule has 0 spiro atoms. The molecule has 1 N–H and O–H groups in total. The van der Waals surface area contributed by atoms with E-state index in [0.29, 0.717) is 10.0 Å². The zero-order valence-corrected chi connectivity index (χ0v) is 14.1. The number of nitrogens with one attached hydrogen (secondary N) is 1. The third kappa shape index (κ3) is 3.27. The number of carbonyl (C=O) groups excluding carboxylic acids is 1. The molecule has 0 aliphatic carbocycles. The van der Waals surface area contributed by atoms with E-state index in [2.05, 4.69) is 21.2 Å². The molecule has 0 saturated carbocycles. The topological polar surface area (TPSA) is 29.1 Å². The second-order valence-electron chi connectivity index (χ2n) is 5.39. The first-order valence-corrected chi connectivity index (χ1v) is 8.09. The smallest absolute Gasteiger partial charge is 0.252 e. The minimum atomic E-state index is -0.379. The minimum Gasteiger partial charge on any atom is -0.345 e. The molecular formula is C19H15BrFNO. The average molecular weight is 372 g/mol. The summed E-state index contributed by atoms with van der Waals surface area (Å²) in [6.45, 7) is 1.94. The Morgan fingerprint density at radius 1 is 1.09 bits per heavy atom. The van der Waals surface area contributed by atoms with Gasteiger partial charge in [-0.3, -0.25) is 4.79 Å². The van der Waals surface area contributed by atoms with Crippen LogP contribution in [0.1, 0.15) is 28.9 Å². The van der Waals surface area contributed by atoms with Crippen molar-refractivity contribution in [3.63, 3.8) is 0 Å². The summed E-state index contributed by atoms with van der Waals surface area (Å²) in [5, 5.41) is 5.22. The van der Waals surface area contributed by atoms with Crippen LogP contribution in [0.3, 0.4) is 0 Å². The van der Waals surface area contributed by atoms with E-state index < -0.39 is 0 Å². The molecule has 0 aliphatic rings. The highest BCUT2D eigenvalue weighted by Crippen LogP contribution is 2.25. The molecule has 23 heavy (non-hydrogen) atoms.